The maximum Gasteiger partial charge on any atom is 0.213 e. The van der Waals surface area contributed by atoms with Crippen LogP contribution in [0, 0.1) is 0 Å². The summed E-state index contributed by atoms with van der Waals surface area (Å²) in [6, 6.07) is 7.65. The lowest BCUT2D eigenvalue weighted by atomic mass is 10.2. The zero-order valence-corrected chi connectivity index (χ0v) is 10.0. The van der Waals surface area contributed by atoms with Crippen molar-refractivity contribution in [2.75, 3.05) is 6.61 Å². The van der Waals surface area contributed by atoms with Gasteiger partial charge in [-0.15, -0.1) is 0 Å². The fourth-order valence-electron chi connectivity index (χ4n) is 1.57. The van der Waals surface area contributed by atoms with E-state index < -0.39 is 0 Å². The summed E-state index contributed by atoms with van der Waals surface area (Å²) in [6.07, 6.45) is 5.18. The lowest BCUT2D eigenvalue weighted by Gasteiger charge is -2.05. The predicted molar refractivity (Wildman–Crippen MR) is 66.8 cm³/mol. The maximum absolute atomic E-state index is 5.60. The number of rotatable bonds is 6. The first-order chi connectivity index (χ1) is 8.40. The third-order valence-corrected chi connectivity index (χ3v) is 2.50. The van der Waals surface area contributed by atoms with Gasteiger partial charge < -0.3 is 4.74 Å². The molecule has 0 fully saturated rings. The van der Waals surface area contributed by atoms with Crippen molar-refractivity contribution in [3.63, 3.8) is 0 Å². The second-order valence-corrected chi connectivity index (χ2v) is 3.89. The molecular weight excluding hydrogens is 214 g/mol. The molecule has 1 N–H and O–H groups in total. The molecule has 0 aromatic carbocycles. The first-order valence-electron chi connectivity index (χ1n) is 5.99. The van der Waals surface area contributed by atoms with E-state index in [9.17, 15) is 0 Å². The Morgan fingerprint density at radius 2 is 2.18 bits per heavy atom. The van der Waals surface area contributed by atoms with E-state index in [1.54, 1.807) is 6.20 Å². The number of unbranched alkanes of at least 4 members (excludes halogenated alkanes) is 2. The van der Waals surface area contributed by atoms with Crippen LogP contribution in [0.2, 0.25) is 0 Å². The molecule has 17 heavy (non-hydrogen) atoms. The fraction of sp³-hybridized carbons (Fsp3) is 0.385. The van der Waals surface area contributed by atoms with Gasteiger partial charge in [0.1, 0.15) is 0 Å². The molecular formula is C13H17N3O. The Hall–Kier alpha value is -1.84. The summed E-state index contributed by atoms with van der Waals surface area (Å²) in [5.74, 6) is 0.674. The number of hydrogen-bond acceptors (Lipinski definition) is 3. The summed E-state index contributed by atoms with van der Waals surface area (Å²) in [7, 11) is 0. The van der Waals surface area contributed by atoms with Crippen LogP contribution in [-0.4, -0.2) is 21.8 Å². The summed E-state index contributed by atoms with van der Waals surface area (Å²) in [5.41, 5.74) is 1.76. The molecule has 0 saturated carbocycles. The molecule has 90 valence electrons. The van der Waals surface area contributed by atoms with Crippen LogP contribution in [-0.2, 0) is 0 Å². The van der Waals surface area contributed by atoms with Crippen molar-refractivity contribution in [2.45, 2.75) is 26.2 Å². The minimum Gasteiger partial charge on any atom is -0.478 e. The number of pyridine rings is 1. The lowest BCUT2D eigenvalue weighted by molar-refractivity contribution is 0.295. The molecule has 0 bridgehead atoms. The molecule has 0 atom stereocenters. The highest BCUT2D eigenvalue weighted by Gasteiger charge is 2.02. The molecule has 4 nitrogen and oxygen atoms in total. The van der Waals surface area contributed by atoms with Crippen molar-refractivity contribution in [2.24, 2.45) is 0 Å². The Labute approximate surface area is 101 Å². The molecule has 2 aromatic heterocycles. The van der Waals surface area contributed by atoms with E-state index in [4.69, 9.17) is 4.74 Å². The van der Waals surface area contributed by atoms with Gasteiger partial charge in [-0.25, -0.2) is 4.98 Å². The van der Waals surface area contributed by atoms with Crippen molar-refractivity contribution in [1.29, 1.82) is 0 Å². The fourth-order valence-corrected chi connectivity index (χ4v) is 1.57. The number of H-pyrrole nitrogens is 1. The number of aromatic amines is 1. The zero-order valence-electron chi connectivity index (χ0n) is 10.0. The van der Waals surface area contributed by atoms with Crippen LogP contribution in [0.25, 0.3) is 11.4 Å². The molecule has 2 rings (SSSR count). The zero-order chi connectivity index (χ0) is 11.9. The highest BCUT2D eigenvalue weighted by molar-refractivity contribution is 5.53. The Morgan fingerprint density at radius 1 is 1.24 bits per heavy atom. The minimum absolute atomic E-state index is 0.674. The van der Waals surface area contributed by atoms with Crippen LogP contribution in [0.3, 0.4) is 0 Å². The van der Waals surface area contributed by atoms with Gasteiger partial charge >= 0.3 is 0 Å². The third-order valence-electron chi connectivity index (χ3n) is 2.50. The van der Waals surface area contributed by atoms with E-state index in [0.717, 1.165) is 24.4 Å². The maximum atomic E-state index is 5.60. The summed E-state index contributed by atoms with van der Waals surface area (Å²) >= 11 is 0. The summed E-state index contributed by atoms with van der Waals surface area (Å²) in [5, 5.41) is 6.80. The molecule has 2 heterocycles. The van der Waals surface area contributed by atoms with Crippen LogP contribution < -0.4 is 4.74 Å². The molecule has 2 aromatic rings. The van der Waals surface area contributed by atoms with E-state index >= 15 is 0 Å². The molecule has 4 heteroatoms. The van der Waals surface area contributed by atoms with Crippen LogP contribution in [0.4, 0.5) is 0 Å². The SMILES string of the molecule is CCCCCOc1cccc(-c2ccn[nH]2)n1. The standard InChI is InChI=1S/C13H17N3O/c1-2-3-4-10-17-13-7-5-6-11(15-13)12-8-9-14-16-12/h5-9H,2-4,10H2,1H3,(H,14,16). The topological polar surface area (TPSA) is 50.8 Å². The summed E-state index contributed by atoms with van der Waals surface area (Å²) in [4.78, 5) is 4.42. The highest BCUT2D eigenvalue weighted by Crippen LogP contribution is 2.17. The number of ether oxygens (including phenoxy) is 1. The molecule has 0 radical (unpaired) electrons. The number of nitrogens with zero attached hydrogens (tertiary/aromatic N) is 2. The Balaban J connectivity index is 1.97. The second-order valence-electron chi connectivity index (χ2n) is 3.89. The largest absolute Gasteiger partial charge is 0.478 e. The molecule has 0 aliphatic heterocycles. The van der Waals surface area contributed by atoms with Gasteiger partial charge in [-0.05, 0) is 18.6 Å². The smallest absolute Gasteiger partial charge is 0.213 e. The van der Waals surface area contributed by atoms with E-state index in [-0.39, 0.29) is 0 Å². The summed E-state index contributed by atoms with van der Waals surface area (Å²) < 4.78 is 5.60. The second kappa shape index (κ2) is 6.03. The van der Waals surface area contributed by atoms with Gasteiger partial charge in [0, 0.05) is 12.3 Å². The minimum atomic E-state index is 0.674. The van der Waals surface area contributed by atoms with Crippen molar-refractivity contribution < 1.29 is 4.74 Å². The van der Waals surface area contributed by atoms with Gasteiger partial charge in [-0.3, -0.25) is 5.10 Å². The number of hydrogen-bond donors (Lipinski definition) is 1. The molecule has 0 spiro atoms. The van der Waals surface area contributed by atoms with Crippen LogP contribution in [0.5, 0.6) is 5.88 Å². The monoisotopic (exact) mass is 231 g/mol. The van der Waals surface area contributed by atoms with Gasteiger partial charge in [0.15, 0.2) is 0 Å². The molecule has 0 saturated heterocycles. The Morgan fingerprint density at radius 3 is 2.94 bits per heavy atom. The van der Waals surface area contributed by atoms with Crippen molar-refractivity contribution in [1.82, 2.24) is 15.2 Å². The first kappa shape index (κ1) is 11.6. The van der Waals surface area contributed by atoms with E-state index in [2.05, 4.69) is 22.1 Å². The number of nitrogens with one attached hydrogen (secondary N) is 1. The van der Waals surface area contributed by atoms with Gasteiger partial charge in [0.05, 0.1) is 18.0 Å². The van der Waals surface area contributed by atoms with Crippen LogP contribution in [0.1, 0.15) is 26.2 Å². The molecule has 0 aliphatic carbocycles. The molecule has 0 aliphatic rings. The average molecular weight is 231 g/mol. The quantitative estimate of drug-likeness (QED) is 0.777. The van der Waals surface area contributed by atoms with E-state index in [1.807, 2.05) is 24.3 Å². The Bertz CT molecular complexity index is 440. The van der Waals surface area contributed by atoms with E-state index in [1.165, 1.54) is 12.8 Å². The lowest BCUT2D eigenvalue weighted by Crippen LogP contribution is -1.99. The highest BCUT2D eigenvalue weighted by atomic mass is 16.5. The predicted octanol–water partition coefficient (Wildman–Crippen LogP) is 3.04. The van der Waals surface area contributed by atoms with Gasteiger partial charge in [-0.2, -0.15) is 5.10 Å². The van der Waals surface area contributed by atoms with Gasteiger partial charge in [0.2, 0.25) is 5.88 Å². The van der Waals surface area contributed by atoms with Crippen LogP contribution >= 0.6 is 0 Å². The van der Waals surface area contributed by atoms with E-state index in [0.29, 0.717) is 5.88 Å². The normalized spacial score (nSPS) is 10.4. The average Bonchev–Trinajstić information content (AvgIpc) is 2.89. The molecule has 0 amide bonds. The number of aromatic nitrogens is 3. The van der Waals surface area contributed by atoms with Crippen molar-refractivity contribution in [3.8, 4) is 17.3 Å². The van der Waals surface area contributed by atoms with Crippen molar-refractivity contribution >= 4 is 0 Å². The van der Waals surface area contributed by atoms with Crippen LogP contribution in [0.15, 0.2) is 30.5 Å². The van der Waals surface area contributed by atoms with Crippen molar-refractivity contribution in [3.05, 3.63) is 30.5 Å². The molecule has 0 unspecified atom stereocenters. The Kier molecular flexibility index (Phi) is 4.13. The summed E-state index contributed by atoms with van der Waals surface area (Å²) in [6.45, 7) is 2.91. The first-order valence-corrected chi connectivity index (χ1v) is 5.99. The third kappa shape index (κ3) is 3.31. The van der Waals surface area contributed by atoms with Gasteiger partial charge in [-0.1, -0.05) is 25.8 Å². The van der Waals surface area contributed by atoms with Gasteiger partial charge in [0.25, 0.3) is 0 Å².